The van der Waals surface area contributed by atoms with Gasteiger partial charge in [0.25, 0.3) is 5.91 Å². The molecule has 1 saturated heterocycles. The Bertz CT molecular complexity index is 1270. The van der Waals surface area contributed by atoms with Crippen molar-refractivity contribution in [2.45, 2.75) is 84.2 Å². The summed E-state index contributed by atoms with van der Waals surface area (Å²) in [4.78, 5) is 46.6. The number of carbonyl (C=O) groups excluding carboxylic acids is 3. The molecular formula is C30H41N5O4. The number of amides is 3. The van der Waals surface area contributed by atoms with Gasteiger partial charge in [0.05, 0.1) is 22.9 Å². The maximum absolute atomic E-state index is 13.5. The molecule has 2 aliphatic rings. The third-order valence-corrected chi connectivity index (χ3v) is 7.55. The lowest BCUT2D eigenvalue weighted by molar-refractivity contribution is -0.150. The Morgan fingerprint density at radius 3 is 2.51 bits per heavy atom. The maximum atomic E-state index is 13.5. The van der Waals surface area contributed by atoms with Crippen molar-refractivity contribution in [1.82, 2.24) is 25.6 Å². The predicted octanol–water partition coefficient (Wildman–Crippen LogP) is 3.60. The first-order valence-corrected chi connectivity index (χ1v) is 13.8. The number of carbonyl (C=O) groups is 3. The number of nitrogens with one attached hydrogen (secondary N) is 2. The van der Waals surface area contributed by atoms with E-state index in [2.05, 4.69) is 10.7 Å². The Balaban J connectivity index is 1.74. The predicted molar refractivity (Wildman–Crippen MR) is 151 cm³/mol. The number of likely N-dealkylation sites (N-methyl/N-ethyl adjacent to an activating group) is 1. The van der Waals surface area contributed by atoms with Gasteiger partial charge in [-0.3, -0.25) is 24.4 Å². The van der Waals surface area contributed by atoms with E-state index in [1.54, 1.807) is 18.9 Å². The van der Waals surface area contributed by atoms with E-state index in [1.807, 2.05) is 77.1 Å². The fourth-order valence-corrected chi connectivity index (χ4v) is 4.99. The van der Waals surface area contributed by atoms with Crippen molar-refractivity contribution >= 4 is 34.7 Å². The summed E-state index contributed by atoms with van der Waals surface area (Å²) in [6.45, 7) is 11.7. The van der Waals surface area contributed by atoms with E-state index in [4.69, 9.17) is 9.72 Å². The fraction of sp³-hybridized carbons (Fsp3) is 0.533. The molecule has 0 spiro atoms. The molecule has 0 saturated carbocycles. The lowest BCUT2D eigenvalue weighted by Gasteiger charge is -2.37. The van der Waals surface area contributed by atoms with Crippen LogP contribution in [0, 0.1) is 5.92 Å². The van der Waals surface area contributed by atoms with E-state index in [9.17, 15) is 14.4 Å². The third kappa shape index (κ3) is 6.47. The van der Waals surface area contributed by atoms with Crippen LogP contribution in [0.15, 0.2) is 36.4 Å². The maximum Gasteiger partial charge on any atom is 0.258 e. The molecule has 2 aromatic rings. The van der Waals surface area contributed by atoms with Crippen molar-refractivity contribution in [2.75, 3.05) is 13.6 Å². The lowest BCUT2D eigenvalue weighted by atomic mass is 10.0. The number of hydrogen-bond donors (Lipinski definition) is 2. The Morgan fingerprint density at radius 1 is 1.08 bits per heavy atom. The van der Waals surface area contributed by atoms with E-state index < -0.39 is 23.8 Å². The highest BCUT2D eigenvalue weighted by molar-refractivity contribution is 5.90. The summed E-state index contributed by atoms with van der Waals surface area (Å²) in [7, 11) is 1.77. The summed E-state index contributed by atoms with van der Waals surface area (Å²) in [5.74, 6) is -0.866. The second-order valence-corrected chi connectivity index (χ2v) is 11.6. The molecule has 2 N–H and O–H groups in total. The summed E-state index contributed by atoms with van der Waals surface area (Å²) in [5.41, 5.74) is 4.93. The van der Waals surface area contributed by atoms with Crippen molar-refractivity contribution in [3.05, 3.63) is 47.7 Å². The molecule has 3 amide bonds. The van der Waals surface area contributed by atoms with E-state index >= 15 is 0 Å². The Labute approximate surface area is 230 Å². The fourth-order valence-electron chi connectivity index (χ4n) is 4.99. The Morgan fingerprint density at radius 2 is 1.79 bits per heavy atom. The van der Waals surface area contributed by atoms with Crippen molar-refractivity contribution < 1.29 is 19.1 Å². The first kappa shape index (κ1) is 28.7. The van der Waals surface area contributed by atoms with Crippen LogP contribution in [0.2, 0.25) is 0 Å². The van der Waals surface area contributed by atoms with E-state index in [0.29, 0.717) is 19.4 Å². The average Bonchev–Trinajstić information content (AvgIpc) is 2.92. The van der Waals surface area contributed by atoms with Gasteiger partial charge in [-0.25, -0.2) is 5.43 Å². The summed E-state index contributed by atoms with van der Waals surface area (Å²) in [6.07, 6.45) is 4.42. The normalized spacial score (nSPS) is 27.7. The second kappa shape index (κ2) is 11.4. The van der Waals surface area contributed by atoms with Crippen LogP contribution < -0.4 is 10.7 Å². The summed E-state index contributed by atoms with van der Waals surface area (Å²) >= 11 is 0. The zero-order valence-electron chi connectivity index (χ0n) is 24.0. The number of ether oxygens (including phenoxy) is 1. The molecular weight excluding hydrogens is 494 g/mol. The number of nitrogens with zero attached hydrogens (tertiary/aromatic N) is 3. The van der Waals surface area contributed by atoms with Crippen LogP contribution in [-0.2, 0) is 19.1 Å². The quantitative estimate of drug-likeness (QED) is 0.578. The molecule has 5 bridgehead atoms. The molecule has 210 valence electrons. The molecule has 0 unspecified atom stereocenters. The third-order valence-electron chi connectivity index (χ3n) is 7.55. The monoisotopic (exact) mass is 535 g/mol. The molecule has 1 fully saturated rings. The van der Waals surface area contributed by atoms with E-state index in [-0.39, 0.29) is 29.7 Å². The zero-order chi connectivity index (χ0) is 28.5. The van der Waals surface area contributed by atoms with Gasteiger partial charge in [-0.15, -0.1) is 0 Å². The average molecular weight is 536 g/mol. The zero-order valence-corrected chi connectivity index (χ0v) is 24.0. The SMILES string of the molecule is CC(C)[C@@H]1OC(C)(C)/C=C/c2ccc3ccc(nc3c2)[C@@H](C)N(C)C(=O)[C@@H]2CCCN(N2)C(=O)[C@H](C)NC1=O. The number of rotatable bonds is 1. The highest BCUT2D eigenvalue weighted by Crippen LogP contribution is 2.25. The molecule has 4 atom stereocenters. The number of hydrogen-bond acceptors (Lipinski definition) is 6. The first-order valence-electron chi connectivity index (χ1n) is 13.8. The minimum Gasteiger partial charge on any atom is -0.358 e. The molecule has 9 heteroatoms. The van der Waals surface area contributed by atoms with Crippen molar-refractivity contribution in [3.8, 4) is 0 Å². The largest absolute Gasteiger partial charge is 0.358 e. The van der Waals surface area contributed by atoms with Crippen molar-refractivity contribution in [2.24, 2.45) is 5.92 Å². The molecule has 4 rings (SSSR count). The Kier molecular flexibility index (Phi) is 8.42. The standard InChI is InChI=1S/C30H41N5O4/c1-18(2)26-27(36)31-19(3)28(37)35-16-8-9-24(33-35)29(38)34(7)20(4)23-13-12-22-11-10-21(17-25(22)32-23)14-15-30(5,6)39-26/h10-15,17-20,24,26,33H,8-9,16H2,1-7H3,(H,31,36)/b15-14+/t19-,20+,24-,26-/m0/s1. The molecule has 0 radical (unpaired) electrons. The minimum absolute atomic E-state index is 0.111. The second-order valence-electron chi connectivity index (χ2n) is 11.6. The number of aromatic nitrogens is 1. The number of pyridine rings is 1. The lowest BCUT2D eigenvalue weighted by Crippen LogP contribution is -2.61. The molecule has 3 heterocycles. The van der Waals surface area contributed by atoms with Crippen molar-refractivity contribution in [1.29, 1.82) is 0 Å². The van der Waals surface area contributed by atoms with Crippen LogP contribution >= 0.6 is 0 Å². The van der Waals surface area contributed by atoms with Crippen molar-refractivity contribution in [3.63, 3.8) is 0 Å². The van der Waals surface area contributed by atoms with Crippen LogP contribution in [0.5, 0.6) is 0 Å². The highest BCUT2D eigenvalue weighted by atomic mass is 16.5. The van der Waals surface area contributed by atoms with Gasteiger partial charge in [-0.1, -0.05) is 44.2 Å². The van der Waals surface area contributed by atoms with Crippen LogP contribution in [-0.4, -0.2) is 70.0 Å². The topological polar surface area (TPSA) is 104 Å². The molecule has 9 nitrogen and oxygen atoms in total. The number of fused-ring (bicyclic) bond motifs is 4. The van der Waals surface area contributed by atoms with Crippen LogP contribution in [0.3, 0.4) is 0 Å². The molecule has 1 aromatic carbocycles. The van der Waals surface area contributed by atoms with Gasteiger partial charge in [0.1, 0.15) is 18.2 Å². The van der Waals surface area contributed by atoms with E-state index in [0.717, 1.165) is 22.2 Å². The summed E-state index contributed by atoms with van der Waals surface area (Å²) in [6, 6.07) is 8.42. The summed E-state index contributed by atoms with van der Waals surface area (Å²) in [5, 5.41) is 5.30. The van der Waals surface area contributed by atoms with Crippen LogP contribution in [0.25, 0.3) is 17.0 Å². The van der Waals surface area contributed by atoms with Gasteiger partial charge in [0.15, 0.2) is 0 Å². The smallest absolute Gasteiger partial charge is 0.258 e. The van der Waals surface area contributed by atoms with Crippen LogP contribution in [0.4, 0.5) is 0 Å². The number of hydrazine groups is 1. The van der Waals surface area contributed by atoms with Crippen LogP contribution in [0.1, 0.15) is 71.7 Å². The van der Waals surface area contributed by atoms with Gasteiger partial charge in [0, 0.05) is 19.0 Å². The van der Waals surface area contributed by atoms with Gasteiger partial charge in [0.2, 0.25) is 11.8 Å². The Hall–Kier alpha value is -3.30. The van der Waals surface area contributed by atoms with Gasteiger partial charge < -0.3 is 15.0 Å². The first-order chi connectivity index (χ1) is 18.4. The minimum atomic E-state index is -0.789. The van der Waals surface area contributed by atoms with Gasteiger partial charge >= 0.3 is 0 Å². The number of benzene rings is 1. The van der Waals surface area contributed by atoms with E-state index in [1.165, 1.54) is 5.01 Å². The van der Waals surface area contributed by atoms with Gasteiger partial charge in [-0.05, 0) is 64.2 Å². The van der Waals surface area contributed by atoms with Gasteiger partial charge in [-0.2, -0.15) is 0 Å². The molecule has 2 aliphatic heterocycles. The molecule has 1 aromatic heterocycles. The molecule has 39 heavy (non-hydrogen) atoms. The highest BCUT2D eigenvalue weighted by Gasteiger charge is 2.35. The summed E-state index contributed by atoms with van der Waals surface area (Å²) < 4.78 is 6.29. The molecule has 0 aliphatic carbocycles.